The van der Waals surface area contributed by atoms with Gasteiger partial charge in [0.15, 0.2) is 0 Å². The normalized spacial score (nSPS) is 9.25. The number of hydrogen-bond donors (Lipinski definition) is 1. The highest BCUT2D eigenvalue weighted by atomic mass is 16.5. The van der Waals surface area contributed by atoms with Crippen molar-refractivity contribution in [1.82, 2.24) is 0 Å². The fraction of sp³-hybridized carbons (Fsp3) is 0.308. The van der Waals surface area contributed by atoms with Crippen molar-refractivity contribution in [3.05, 3.63) is 24.3 Å². The molecule has 0 atom stereocenters. The highest BCUT2D eigenvalue weighted by molar-refractivity contribution is 5.92. The predicted octanol–water partition coefficient (Wildman–Crippen LogP) is 2.44. The molecular formula is C13H15NO2. The average Bonchev–Trinajstić information content (AvgIpc) is 2.29. The number of para-hydroxylation sites is 2. The summed E-state index contributed by atoms with van der Waals surface area (Å²) in [4.78, 5) is 11.5. The zero-order chi connectivity index (χ0) is 11.8. The predicted molar refractivity (Wildman–Crippen MR) is 64.3 cm³/mol. The average molecular weight is 217 g/mol. The standard InChI is InChI=1S/C13H15NO2/c1-3-5-10-13(15)14-11-8-6-7-9-12(11)16-4-2/h1,6-9H,4-5,10H2,2H3,(H,14,15). The SMILES string of the molecule is C#CCCC(=O)Nc1ccccc1OCC. The largest absolute Gasteiger partial charge is 0.492 e. The van der Waals surface area contributed by atoms with E-state index in [9.17, 15) is 4.79 Å². The van der Waals surface area contributed by atoms with Gasteiger partial charge in [0.05, 0.1) is 12.3 Å². The van der Waals surface area contributed by atoms with Crippen LogP contribution in [0.4, 0.5) is 5.69 Å². The van der Waals surface area contributed by atoms with Crippen molar-refractivity contribution in [3.63, 3.8) is 0 Å². The van der Waals surface area contributed by atoms with Gasteiger partial charge in [0.2, 0.25) is 5.91 Å². The lowest BCUT2D eigenvalue weighted by Crippen LogP contribution is -2.11. The van der Waals surface area contributed by atoms with Crippen LogP contribution in [-0.2, 0) is 4.79 Å². The van der Waals surface area contributed by atoms with Gasteiger partial charge in [0.25, 0.3) is 0 Å². The molecule has 0 radical (unpaired) electrons. The molecule has 3 nitrogen and oxygen atoms in total. The number of carbonyl (C=O) groups is 1. The third-order valence-corrected chi connectivity index (χ3v) is 1.96. The monoisotopic (exact) mass is 217 g/mol. The van der Waals surface area contributed by atoms with Gasteiger partial charge in [0, 0.05) is 12.8 Å². The Hall–Kier alpha value is -1.95. The summed E-state index contributed by atoms with van der Waals surface area (Å²) in [5.41, 5.74) is 0.686. The minimum Gasteiger partial charge on any atom is -0.492 e. The van der Waals surface area contributed by atoms with Crippen LogP contribution in [0.1, 0.15) is 19.8 Å². The lowest BCUT2D eigenvalue weighted by Gasteiger charge is -2.10. The minimum atomic E-state index is -0.0925. The molecule has 0 bridgehead atoms. The van der Waals surface area contributed by atoms with Crippen molar-refractivity contribution in [2.24, 2.45) is 0 Å². The van der Waals surface area contributed by atoms with E-state index in [0.29, 0.717) is 30.9 Å². The molecule has 0 aliphatic heterocycles. The fourth-order valence-electron chi connectivity index (χ4n) is 1.25. The number of ether oxygens (including phenoxy) is 1. The molecule has 0 saturated heterocycles. The summed E-state index contributed by atoms with van der Waals surface area (Å²) in [5.74, 6) is 3.02. The zero-order valence-corrected chi connectivity index (χ0v) is 9.32. The van der Waals surface area contributed by atoms with Gasteiger partial charge < -0.3 is 10.1 Å². The molecule has 0 aliphatic rings. The first-order valence-electron chi connectivity index (χ1n) is 5.23. The molecule has 1 rings (SSSR count). The smallest absolute Gasteiger partial charge is 0.225 e. The summed E-state index contributed by atoms with van der Waals surface area (Å²) in [5, 5.41) is 2.77. The van der Waals surface area contributed by atoms with Crippen molar-refractivity contribution in [2.75, 3.05) is 11.9 Å². The molecule has 1 aromatic carbocycles. The van der Waals surface area contributed by atoms with Crippen LogP contribution in [0.3, 0.4) is 0 Å². The van der Waals surface area contributed by atoms with Crippen LogP contribution in [0, 0.1) is 12.3 Å². The molecular weight excluding hydrogens is 202 g/mol. The molecule has 1 N–H and O–H groups in total. The summed E-state index contributed by atoms with van der Waals surface area (Å²) in [6.07, 6.45) is 5.87. The Morgan fingerprint density at radius 2 is 2.25 bits per heavy atom. The van der Waals surface area contributed by atoms with Crippen LogP contribution in [0.5, 0.6) is 5.75 Å². The van der Waals surface area contributed by atoms with E-state index in [0.717, 1.165) is 0 Å². The summed E-state index contributed by atoms with van der Waals surface area (Å²) in [7, 11) is 0. The highest BCUT2D eigenvalue weighted by Gasteiger charge is 2.05. The van der Waals surface area contributed by atoms with Crippen molar-refractivity contribution < 1.29 is 9.53 Å². The number of amides is 1. The van der Waals surface area contributed by atoms with Crippen LogP contribution in [-0.4, -0.2) is 12.5 Å². The second-order valence-electron chi connectivity index (χ2n) is 3.18. The first-order valence-corrected chi connectivity index (χ1v) is 5.23. The Balaban J connectivity index is 2.65. The molecule has 0 aromatic heterocycles. The third kappa shape index (κ3) is 3.66. The van der Waals surface area contributed by atoms with Gasteiger partial charge in [-0.3, -0.25) is 4.79 Å². The Kier molecular flexibility index (Phi) is 4.94. The maximum Gasteiger partial charge on any atom is 0.225 e. The first-order chi connectivity index (χ1) is 7.77. The summed E-state index contributed by atoms with van der Waals surface area (Å²) < 4.78 is 5.39. The Bertz CT molecular complexity index is 393. The molecule has 0 aliphatic carbocycles. The highest BCUT2D eigenvalue weighted by Crippen LogP contribution is 2.23. The molecule has 84 valence electrons. The number of benzene rings is 1. The van der Waals surface area contributed by atoms with Crippen LogP contribution < -0.4 is 10.1 Å². The summed E-state index contributed by atoms with van der Waals surface area (Å²) >= 11 is 0. The topological polar surface area (TPSA) is 38.3 Å². The van der Waals surface area contributed by atoms with E-state index in [4.69, 9.17) is 11.2 Å². The first kappa shape index (κ1) is 12.1. The Labute approximate surface area is 95.8 Å². The molecule has 0 heterocycles. The van der Waals surface area contributed by atoms with E-state index >= 15 is 0 Å². The number of rotatable bonds is 5. The molecule has 0 saturated carbocycles. The van der Waals surface area contributed by atoms with Crippen LogP contribution in [0.25, 0.3) is 0 Å². The van der Waals surface area contributed by atoms with Gasteiger partial charge in [-0.25, -0.2) is 0 Å². The van der Waals surface area contributed by atoms with Gasteiger partial charge in [-0.05, 0) is 19.1 Å². The maximum atomic E-state index is 11.5. The van der Waals surface area contributed by atoms with Crippen molar-refractivity contribution in [3.8, 4) is 18.1 Å². The van der Waals surface area contributed by atoms with Crippen LogP contribution in [0.2, 0.25) is 0 Å². The van der Waals surface area contributed by atoms with Crippen molar-refractivity contribution >= 4 is 11.6 Å². The number of anilines is 1. The molecule has 0 fully saturated rings. The number of carbonyl (C=O) groups excluding carboxylic acids is 1. The van der Waals surface area contributed by atoms with Crippen molar-refractivity contribution in [1.29, 1.82) is 0 Å². The van der Waals surface area contributed by atoms with E-state index in [-0.39, 0.29) is 5.91 Å². The van der Waals surface area contributed by atoms with Gasteiger partial charge in [0.1, 0.15) is 5.75 Å². The fourth-order valence-corrected chi connectivity index (χ4v) is 1.25. The van der Waals surface area contributed by atoms with Crippen LogP contribution >= 0.6 is 0 Å². The van der Waals surface area contributed by atoms with Crippen LogP contribution in [0.15, 0.2) is 24.3 Å². The molecule has 0 unspecified atom stereocenters. The van der Waals surface area contributed by atoms with E-state index in [1.165, 1.54) is 0 Å². The third-order valence-electron chi connectivity index (χ3n) is 1.96. The van der Waals surface area contributed by atoms with Gasteiger partial charge >= 0.3 is 0 Å². The zero-order valence-electron chi connectivity index (χ0n) is 9.32. The van der Waals surface area contributed by atoms with Gasteiger partial charge in [-0.2, -0.15) is 0 Å². The summed E-state index contributed by atoms with van der Waals surface area (Å²) in [6.45, 7) is 2.47. The Morgan fingerprint density at radius 3 is 2.94 bits per heavy atom. The second-order valence-corrected chi connectivity index (χ2v) is 3.18. The maximum absolute atomic E-state index is 11.5. The molecule has 1 aromatic rings. The molecule has 0 spiro atoms. The lowest BCUT2D eigenvalue weighted by molar-refractivity contribution is -0.116. The van der Waals surface area contributed by atoms with E-state index < -0.39 is 0 Å². The Morgan fingerprint density at radius 1 is 1.50 bits per heavy atom. The molecule has 3 heteroatoms. The van der Waals surface area contributed by atoms with E-state index in [1.54, 1.807) is 6.07 Å². The number of nitrogens with one attached hydrogen (secondary N) is 1. The quantitative estimate of drug-likeness (QED) is 0.769. The second kappa shape index (κ2) is 6.52. The van der Waals surface area contributed by atoms with E-state index in [2.05, 4.69) is 11.2 Å². The minimum absolute atomic E-state index is 0.0925. The van der Waals surface area contributed by atoms with Gasteiger partial charge in [-0.15, -0.1) is 12.3 Å². The summed E-state index contributed by atoms with van der Waals surface area (Å²) in [6, 6.07) is 7.33. The number of hydrogen-bond acceptors (Lipinski definition) is 2. The number of terminal acetylenes is 1. The van der Waals surface area contributed by atoms with Crippen molar-refractivity contribution in [2.45, 2.75) is 19.8 Å². The van der Waals surface area contributed by atoms with E-state index in [1.807, 2.05) is 25.1 Å². The lowest BCUT2D eigenvalue weighted by atomic mass is 10.2. The molecule has 1 amide bonds. The molecule has 16 heavy (non-hydrogen) atoms. The van der Waals surface area contributed by atoms with Gasteiger partial charge in [-0.1, -0.05) is 12.1 Å².